The lowest BCUT2D eigenvalue weighted by atomic mass is 9.99. The van der Waals surface area contributed by atoms with Crippen LogP contribution in [0.15, 0.2) is 0 Å². The van der Waals surface area contributed by atoms with Gasteiger partial charge in [-0.1, -0.05) is 266 Å². The summed E-state index contributed by atoms with van der Waals surface area (Å²) in [5, 5.41) is 0. The zero-order chi connectivity index (χ0) is 44.7. The third kappa shape index (κ3) is 47.7. The molecule has 0 aliphatic rings. The number of rotatable bonds is 49. The van der Waals surface area contributed by atoms with E-state index in [2.05, 4.69) is 34.6 Å². The van der Waals surface area contributed by atoms with Crippen LogP contribution in [0.3, 0.4) is 0 Å². The standard InChI is InChI=1S/C55H106O6/c1-6-8-9-10-11-12-13-14-15-16-17-18-19-20-24-30-35-40-45-53(56)59-48-52(49-60-54(57)46-41-36-31-27-26-29-34-39-44-51(5)7-2)61-55(58)47-42-37-32-25-22-21-23-28-33-38-43-50(3)4/h50-52H,6-49H2,1-5H3/t51?,52-/m0/s1. The maximum absolute atomic E-state index is 12.8. The van der Waals surface area contributed by atoms with E-state index in [1.807, 2.05) is 0 Å². The van der Waals surface area contributed by atoms with Crippen molar-refractivity contribution in [3.05, 3.63) is 0 Å². The summed E-state index contributed by atoms with van der Waals surface area (Å²) in [6.07, 6.45) is 49.5. The highest BCUT2D eigenvalue weighted by Gasteiger charge is 2.19. The highest BCUT2D eigenvalue weighted by atomic mass is 16.6. The van der Waals surface area contributed by atoms with Gasteiger partial charge in [-0.15, -0.1) is 0 Å². The van der Waals surface area contributed by atoms with E-state index in [1.165, 1.54) is 193 Å². The molecule has 0 aromatic rings. The van der Waals surface area contributed by atoms with E-state index in [4.69, 9.17) is 14.2 Å². The van der Waals surface area contributed by atoms with Crippen LogP contribution in [0, 0.1) is 11.8 Å². The Morgan fingerprint density at radius 1 is 0.344 bits per heavy atom. The summed E-state index contributed by atoms with van der Waals surface area (Å²) in [7, 11) is 0. The molecule has 0 saturated carbocycles. The summed E-state index contributed by atoms with van der Waals surface area (Å²) in [6.45, 7) is 11.4. The Labute approximate surface area is 380 Å². The molecule has 0 aliphatic carbocycles. The molecule has 0 fully saturated rings. The minimum atomic E-state index is -0.762. The van der Waals surface area contributed by atoms with Gasteiger partial charge in [-0.25, -0.2) is 0 Å². The number of carbonyl (C=O) groups is 3. The van der Waals surface area contributed by atoms with E-state index >= 15 is 0 Å². The Bertz CT molecular complexity index is 933. The first-order valence-electron chi connectivity index (χ1n) is 27.3. The van der Waals surface area contributed by atoms with E-state index in [0.29, 0.717) is 19.3 Å². The molecular formula is C55H106O6. The summed E-state index contributed by atoms with van der Waals surface area (Å²) >= 11 is 0. The SMILES string of the molecule is CCCCCCCCCCCCCCCCCCCCC(=O)OC[C@@H](COC(=O)CCCCCCCCCCC(C)CC)OC(=O)CCCCCCCCCCCCC(C)C. The maximum atomic E-state index is 12.8. The van der Waals surface area contributed by atoms with Gasteiger partial charge in [0.1, 0.15) is 13.2 Å². The van der Waals surface area contributed by atoms with Crippen molar-refractivity contribution in [1.29, 1.82) is 0 Å². The number of unbranched alkanes of at least 4 members (excludes halogenated alkanes) is 33. The zero-order valence-electron chi connectivity index (χ0n) is 41.8. The van der Waals surface area contributed by atoms with E-state index < -0.39 is 6.10 Å². The Kier molecular flexibility index (Phi) is 46.6. The normalized spacial score (nSPS) is 12.5. The molecule has 0 amide bonds. The second kappa shape index (κ2) is 47.9. The first-order valence-corrected chi connectivity index (χ1v) is 27.3. The second-order valence-corrected chi connectivity index (χ2v) is 19.6. The number of carbonyl (C=O) groups excluding carboxylic acids is 3. The van der Waals surface area contributed by atoms with Gasteiger partial charge in [0.25, 0.3) is 0 Å². The molecule has 1 unspecified atom stereocenters. The van der Waals surface area contributed by atoms with Crippen molar-refractivity contribution in [3.63, 3.8) is 0 Å². The number of hydrogen-bond donors (Lipinski definition) is 0. The molecule has 0 aromatic carbocycles. The molecule has 0 aromatic heterocycles. The van der Waals surface area contributed by atoms with Crippen LogP contribution in [0.4, 0.5) is 0 Å². The van der Waals surface area contributed by atoms with Gasteiger partial charge in [-0.05, 0) is 31.1 Å². The molecule has 61 heavy (non-hydrogen) atoms. The molecule has 0 N–H and O–H groups in total. The summed E-state index contributed by atoms with van der Waals surface area (Å²) < 4.78 is 16.8. The average Bonchev–Trinajstić information content (AvgIpc) is 3.24. The first-order chi connectivity index (χ1) is 29.8. The lowest BCUT2D eigenvalue weighted by Crippen LogP contribution is -2.30. The molecule has 0 radical (unpaired) electrons. The lowest BCUT2D eigenvalue weighted by Gasteiger charge is -2.18. The first kappa shape index (κ1) is 59.4. The molecular weight excluding hydrogens is 757 g/mol. The molecule has 0 heterocycles. The van der Waals surface area contributed by atoms with Crippen LogP contribution in [-0.4, -0.2) is 37.2 Å². The van der Waals surface area contributed by atoms with Crippen LogP contribution in [0.2, 0.25) is 0 Å². The number of ether oxygens (including phenoxy) is 3. The molecule has 0 spiro atoms. The van der Waals surface area contributed by atoms with Crippen molar-refractivity contribution >= 4 is 17.9 Å². The fourth-order valence-electron chi connectivity index (χ4n) is 8.31. The molecule has 362 valence electrons. The van der Waals surface area contributed by atoms with Crippen LogP contribution in [-0.2, 0) is 28.6 Å². The lowest BCUT2D eigenvalue weighted by molar-refractivity contribution is -0.167. The summed E-state index contributed by atoms with van der Waals surface area (Å²) in [5.74, 6) is 0.817. The van der Waals surface area contributed by atoms with Gasteiger partial charge in [0.2, 0.25) is 0 Å². The van der Waals surface area contributed by atoms with Gasteiger partial charge in [0, 0.05) is 19.3 Å². The fourth-order valence-corrected chi connectivity index (χ4v) is 8.31. The largest absolute Gasteiger partial charge is 0.462 e. The maximum Gasteiger partial charge on any atom is 0.306 e. The van der Waals surface area contributed by atoms with Crippen molar-refractivity contribution in [3.8, 4) is 0 Å². The summed E-state index contributed by atoms with van der Waals surface area (Å²) in [4.78, 5) is 38.0. The molecule has 6 nitrogen and oxygen atoms in total. The minimum absolute atomic E-state index is 0.0638. The third-order valence-electron chi connectivity index (χ3n) is 12.8. The third-order valence-corrected chi connectivity index (χ3v) is 12.8. The minimum Gasteiger partial charge on any atom is -0.462 e. The molecule has 0 rings (SSSR count). The van der Waals surface area contributed by atoms with Crippen molar-refractivity contribution in [1.82, 2.24) is 0 Å². The van der Waals surface area contributed by atoms with Crippen molar-refractivity contribution in [2.45, 2.75) is 310 Å². The van der Waals surface area contributed by atoms with Crippen LogP contribution in [0.25, 0.3) is 0 Å². The van der Waals surface area contributed by atoms with Crippen molar-refractivity contribution in [2.24, 2.45) is 11.8 Å². The predicted octanol–water partition coefficient (Wildman–Crippen LogP) is 17.7. The van der Waals surface area contributed by atoms with Gasteiger partial charge >= 0.3 is 17.9 Å². The molecule has 6 heteroatoms. The average molecular weight is 863 g/mol. The summed E-state index contributed by atoms with van der Waals surface area (Å²) in [6, 6.07) is 0. The number of hydrogen-bond acceptors (Lipinski definition) is 6. The van der Waals surface area contributed by atoms with Gasteiger partial charge in [0.05, 0.1) is 0 Å². The van der Waals surface area contributed by atoms with E-state index in [9.17, 15) is 14.4 Å². The van der Waals surface area contributed by atoms with Crippen molar-refractivity contribution < 1.29 is 28.6 Å². The van der Waals surface area contributed by atoms with Gasteiger partial charge in [-0.2, -0.15) is 0 Å². The fraction of sp³-hybridized carbons (Fsp3) is 0.945. The van der Waals surface area contributed by atoms with Crippen LogP contribution >= 0.6 is 0 Å². The summed E-state index contributed by atoms with van der Waals surface area (Å²) in [5.41, 5.74) is 0. The zero-order valence-corrected chi connectivity index (χ0v) is 41.8. The Morgan fingerprint density at radius 2 is 0.623 bits per heavy atom. The van der Waals surface area contributed by atoms with Gasteiger partial charge < -0.3 is 14.2 Å². The van der Waals surface area contributed by atoms with Crippen LogP contribution in [0.5, 0.6) is 0 Å². The number of esters is 3. The molecule has 0 bridgehead atoms. The monoisotopic (exact) mass is 863 g/mol. The Morgan fingerprint density at radius 3 is 0.934 bits per heavy atom. The van der Waals surface area contributed by atoms with Gasteiger partial charge in [-0.3, -0.25) is 14.4 Å². The van der Waals surface area contributed by atoms with Crippen LogP contribution < -0.4 is 0 Å². The Hall–Kier alpha value is -1.59. The Balaban J connectivity index is 4.28. The van der Waals surface area contributed by atoms with Crippen LogP contribution in [0.1, 0.15) is 304 Å². The quantitative estimate of drug-likeness (QED) is 0.0344. The van der Waals surface area contributed by atoms with Crippen molar-refractivity contribution in [2.75, 3.05) is 13.2 Å². The predicted molar refractivity (Wildman–Crippen MR) is 261 cm³/mol. The van der Waals surface area contributed by atoms with E-state index in [0.717, 1.165) is 69.6 Å². The second-order valence-electron chi connectivity index (χ2n) is 19.6. The molecule has 0 saturated heterocycles. The molecule has 0 aliphatic heterocycles. The van der Waals surface area contributed by atoms with Gasteiger partial charge in [0.15, 0.2) is 6.10 Å². The smallest absolute Gasteiger partial charge is 0.306 e. The van der Waals surface area contributed by atoms with E-state index in [1.54, 1.807) is 0 Å². The highest BCUT2D eigenvalue weighted by Crippen LogP contribution is 2.18. The highest BCUT2D eigenvalue weighted by molar-refractivity contribution is 5.71. The van der Waals surface area contributed by atoms with E-state index in [-0.39, 0.29) is 31.1 Å². The topological polar surface area (TPSA) is 78.9 Å². The molecule has 2 atom stereocenters.